The summed E-state index contributed by atoms with van der Waals surface area (Å²) in [5.74, 6) is 0.763. The number of nitrogens with zero attached hydrogens (tertiary/aromatic N) is 5. The second-order valence-electron chi connectivity index (χ2n) is 6.94. The molecular formula is C19H25Cl2N7O. The van der Waals surface area contributed by atoms with Gasteiger partial charge in [0.15, 0.2) is 0 Å². The Morgan fingerprint density at radius 2 is 1.97 bits per heavy atom. The van der Waals surface area contributed by atoms with Crippen LogP contribution in [0.1, 0.15) is 20.3 Å². The highest BCUT2D eigenvalue weighted by atomic mass is 35.5. The van der Waals surface area contributed by atoms with Crippen LogP contribution in [0, 0.1) is 0 Å². The number of hydrogen-bond acceptors (Lipinski definition) is 7. The van der Waals surface area contributed by atoms with Crippen molar-refractivity contribution in [1.82, 2.24) is 30.7 Å². The molecular weight excluding hydrogens is 413 g/mol. The second kappa shape index (κ2) is 9.87. The molecule has 10 heteroatoms. The Morgan fingerprint density at radius 1 is 1.14 bits per heavy atom. The summed E-state index contributed by atoms with van der Waals surface area (Å²) in [6.45, 7) is 6.05. The van der Waals surface area contributed by atoms with Crippen molar-refractivity contribution in [2.24, 2.45) is 0 Å². The van der Waals surface area contributed by atoms with Crippen LogP contribution in [-0.2, 0) is 0 Å². The molecule has 0 aliphatic carbocycles. The smallest absolute Gasteiger partial charge is 0.245 e. The van der Waals surface area contributed by atoms with E-state index in [-0.39, 0.29) is 30.6 Å². The molecule has 0 spiro atoms. The lowest BCUT2D eigenvalue weighted by molar-refractivity contribution is 0.376. The molecule has 1 aliphatic heterocycles. The molecule has 2 atom stereocenters. The lowest BCUT2D eigenvalue weighted by atomic mass is 10.0. The number of nitrogens with one attached hydrogen (secondary N) is 2. The number of rotatable bonds is 4. The molecule has 8 nitrogen and oxygen atoms in total. The molecule has 3 aromatic rings. The number of aromatic nitrogens is 5. The Morgan fingerprint density at radius 3 is 2.59 bits per heavy atom. The Kier molecular flexibility index (Phi) is 7.78. The number of phenols is 1. The average Bonchev–Trinajstić information content (AvgIpc) is 3.22. The minimum absolute atomic E-state index is 0. The number of halogens is 2. The summed E-state index contributed by atoms with van der Waals surface area (Å²) in [5.41, 5.74) is 2.94. The first-order valence-electron chi connectivity index (χ1n) is 9.17. The molecule has 1 fully saturated rings. The molecule has 29 heavy (non-hydrogen) atoms. The van der Waals surface area contributed by atoms with E-state index in [2.05, 4.69) is 49.4 Å². The second-order valence-corrected chi connectivity index (χ2v) is 6.94. The number of aromatic amines is 1. The quantitative estimate of drug-likeness (QED) is 0.575. The van der Waals surface area contributed by atoms with Crippen LogP contribution in [0.4, 0.5) is 5.95 Å². The molecule has 0 amide bonds. The van der Waals surface area contributed by atoms with Gasteiger partial charge in [0.1, 0.15) is 11.4 Å². The zero-order valence-electron chi connectivity index (χ0n) is 16.2. The van der Waals surface area contributed by atoms with Gasteiger partial charge in [-0.15, -0.1) is 35.0 Å². The van der Waals surface area contributed by atoms with Crippen LogP contribution in [0.15, 0.2) is 36.8 Å². The minimum atomic E-state index is 0. The van der Waals surface area contributed by atoms with E-state index in [1.54, 1.807) is 24.7 Å². The molecule has 156 valence electrons. The predicted octanol–water partition coefficient (Wildman–Crippen LogP) is 3.05. The molecule has 3 heterocycles. The van der Waals surface area contributed by atoms with Gasteiger partial charge in [0, 0.05) is 42.5 Å². The van der Waals surface area contributed by atoms with Crippen molar-refractivity contribution in [3.05, 3.63) is 36.8 Å². The monoisotopic (exact) mass is 437 g/mol. The van der Waals surface area contributed by atoms with Crippen molar-refractivity contribution < 1.29 is 5.11 Å². The zero-order chi connectivity index (χ0) is 18.8. The van der Waals surface area contributed by atoms with Crippen LogP contribution >= 0.6 is 24.8 Å². The van der Waals surface area contributed by atoms with Gasteiger partial charge in [0.05, 0.1) is 12.4 Å². The van der Waals surface area contributed by atoms with E-state index in [1.807, 2.05) is 12.1 Å². The number of phenolic OH excluding ortho intramolecular Hbond substituents is 1. The van der Waals surface area contributed by atoms with Gasteiger partial charge < -0.3 is 15.3 Å². The Hall–Kier alpha value is -2.42. The third-order valence-electron chi connectivity index (χ3n) is 4.89. The minimum Gasteiger partial charge on any atom is -0.507 e. The number of piperazine rings is 1. The Bertz CT molecular complexity index is 905. The third-order valence-corrected chi connectivity index (χ3v) is 4.89. The van der Waals surface area contributed by atoms with Crippen molar-refractivity contribution in [2.75, 3.05) is 18.0 Å². The summed E-state index contributed by atoms with van der Waals surface area (Å²) in [6.07, 6.45) is 6.22. The van der Waals surface area contributed by atoms with Gasteiger partial charge in [0.2, 0.25) is 5.95 Å². The van der Waals surface area contributed by atoms with E-state index in [0.29, 0.717) is 29.3 Å². The van der Waals surface area contributed by atoms with E-state index >= 15 is 0 Å². The largest absolute Gasteiger partial charge is 0.507 e. The van der Waals surface area contributed by atoms with Gasteiger partial charge in [0.25, 0.3) is 0 Å². The number of H-pyrrole nitrogens is 1. The summed E-state index contributed by atoms with van der Waals surface area (Å²) in [5, 5.41) is 29.3. The molecule has 3 N–H and O–H groups in total. The molecule has 1 aliphatic rings. The van der Waals surface area contributed by atoms with E-state index in [1.165, 1.54) is 0 Å². The SMILES string of the molecule is CCC1CN(c2ncc(-c3ccc(-c4cn[nH]c4)cc3O)nn2)CC(C)N1.Cl.Cl. The normalized spacial score (nSPS) is 18.6. The number of anilines is 1. The Labute approximate surface area is 182 Å². The van der Waals surface area contributed by atoms with Crippen molar-refractivity contribution >= 4 is 30.8 Å². The molecule has 1 aromatic carbocycles. The maximum atomic E-state index is 10.4. The fraction of sp³-hybridized carbons (Fsp3) is 0.368. The first-order valence-corrected chi connectivity index (χ1v) is 9.17. The average molecular weight is 438 g/mol. The van der Waals surface area contributed by atoms with Crippen molar-refractivity contribution in [3.8, 4) is 28.1 Å². The molecule has 1 saturated heterocycles. The van der Waals surface area contributed by atoms with Crippen molar-refractivity contribution in [3.63, 3.8) is 0 Å². The maximum absolute atomic E-state index is 10.4. The topological polar surface area (TPSA) is 103 Å². The molecule has 0 bridgehead atoms. The maximum Gasteiger partial charge on any atom is 0.245 e. The van der Waals surface area contributed by atoms with Crippen molar-refractivity contribution in [1.29, 1.82) is 0 Å². The molecule has 4 rings (SSSR count). The fourth-order valence-corrected chi connectivity index (χ4v) is 3.46. The van der Waals surface area contributed by atoms with Gasteiger partial charge in [-0.1, -0.05) is 13.0 Å². The predicted molar refractivity (Wildman–Crippen MR) is 118 cm³/mol. The highest BCUT2D eigenvalue weighted by Gasteiger charge is 2.24. The van der Waals surface area contributed by atoms with Crippen LogP contribution in [0.2, 0.25) is 0 Å². The van der Waals surface area contributed by atoms with Crippen molar-refractivity contribution in [2.45, 2.75) is 32.4 Å². The highest BCUT2D eigenvalue weighted by molar-refractivity contribution is 5.85. The van der Waals surface area contributed by atoms with E-state index in [9.17, 15) is 5.11 Å². The fourth-order valence-electron chi connectivity index (χ4n) is 3.46. The Balaban J connectivity index is 0.00000150. The number of benzene rings is 1. The van der Waals surface area contributed by atoms with Gasteiger partial charge >= 0.3 is 0 Å². The van der Waals surface area contributed by atoms with E-state index < -0.39 is 0 Å². The summed E-state index contributed by atoms with van der Waals surface area (Å²) in [4.78, 5) is 6.65. The van der Waals surface area contributed by atoms with Gasteiger partial charge in [-0.25, -0.2) is 4.98 Å². The summed E-state index contributed by atoms with van der Waals surface area (Å²) in [7, 11) is 0. The number of hydrogen-bond donors (Lipinski definition) is 3. The van der Waals surface area contributed by atoms with Gasteiger partial charge in [-0.05, 0) is 31.0 Å². The molecule has 0 radical (unpaired) electrons. The standard InChI is InChI=1S/C19H23N7O.2ClH/c1-3-15-11-26(10-12(2)23-15)19-20-9-17(24-25-19)16-5-4-13(6-18(16)27)14-7-21-22-8-14;;/h4-9,12,15,23,27H,3,10-11H2,1-2H3,(H,21,22);2*1H. The summed E-state index contributed by atoms with van der Waals surface area (Å²) >= 11 is 0. The van der Waals surface area contributed by atoms with Gasteiger partial charge in [-0.3, -0.25) is 5.10 Å². The van der Waals surface area contributed by atoms with Crippen LogP contribution in [-0.4, -0.2) is 55.7 Å². The molecule has 2 unspecified atom stereocenters. The van der Waals surface area contributed by atoms with E-state index in [4.69, 9.17) is 0 Å². The third kappa shape index (κ3) is 4.95. The summed E-state index contributed by atoms with van der Waals surface area (Å²) in [6, 6.07) is 6.24. The van der Waals surface area contributed by atoms with Crippen LogP contribution < -0.4 is 10.2 Å². The van der Waals surface area contributed by atoms with E-state index in [0.717, 1.165) is 30.6 Å². The molecule has 0 saturated carbocycles. The van der Waals surface area contributed by atoms with Crippen LogP contribution in [0.5, 0.6) is 5.75 Å². The lowest BCUT2D eigenvalue weighted by Gasteiger charge is -2.37. The van der Waals surface area contributed by atoms with Gasteiger partial charge in [-0.2, -0.15) is 5.10 Å². The summed E-state index contributed by atoms with van der Waals surface area (Å²) < 4.78 is 0. The molecule has 2 aromatic heterocycles. The van der Waals surface area contributed by atoms with Crippen LogP contribution in [0.25, 0.3) is 22.4 Å². The zero-order valence-corrected chi connectivity index (χ0v) is 17.9. The number of aromatic hydroxyl groups is 1. The highest BCUT2D eigenvalue weighted by Crippen LogP contribution is 2.31. The first kappa shape index (κ1) is 22.9. The first-order chi connectivity index (χ1) is 13.1. The van der Waals surface area contributed by atoms with Crippen LogP contribution in [0.3, 0.4) is 0 Å². The lowest BCUT2D eigenvalue weighted by Crippen LogP contribution is -2.55.